The van der Waals surface area contributed by atoms with E-state index in [-0.39, 0.29) is 29.8 Å². The molecule has 5 rings (SSSR count). The van der Waals surface area contributed by atoms with Gasteiger partial charge in [-0.15, -0.1) is 0 Å². The van der Waals surface area contributed by atoms with Gasteiger partial charge >= 0.3 is 0 Å². The maximum atomic E-state index is 15.1. The van der Waals surface area contributed by atoms with Gasteiger partial charge in [0.05, 0.1) is 6.67 Å². The lowest BCUT2D eigenvalue weighted by Gasteiger charge is -2.31. The third kappa shape index (κ3) is 4.88. The molecular formula is C29H29F2NO4. The summed E-state index contributed by atoms with van der Waals surface area (Å²) in [6, 6.07) is 16.5. The molecule has 0 spiro atoms. The second-order valence-corrected chi connectivity index (χ2v) is 9.42. The first-order chi connectivity index (χ1) is 17.4. The Balaban J connectivity index is 1.41. The predicted molar refractivity (Wildman–Crippen MR) is 134 cm³/mol. The Kier molecular flexibility index (Phi) is 6.83. The van der Waals surface area contributed by atoms with Gasteiger partial charge in [0.2, 0.25) is 0 Å². The molecular weight excluding hydrogens is 464 g/mol. The molecule has 2 atom stereocenters. The number of ether oxygens (including phenoxy) is 2. The molecule has 2 unspecified atom stereocenters. The van der Waals surface area contributed by atoms with Gasteiger partial charge in [-0.3, -0.25) is 9.29 Å². The number of phenolic OH excluding ortho intramolecular Hbond substituents is 2. The zero-order chi connectivity index (χ0) is 25.2. The first-order valence-electron chi connectivity index (χ1n) is 12.1. The lowest BCUT2D eigenvalue weighted by atomic mass is 9.86. The SMILES string of the molecule is CC1=C(c2cccc(O)c2)C(c2ccc(OCCN3CCC(CF)C3)c(F)c2)Oc2ccc(O)cc21. The van der Waals surface area contributed by atoms with Crippen molar-refractivity contribution in [3.8, 4) is 23.0 Å². The van der Waals surface area contributed by atoms with E-state index in [1.807, 2.05) is 13.0 Å². The van der Waals surface area contributed by atoms with E-state index in [1.54, 1.807) is 48.5 Å². The third-order valence-electron chi connectivity index (χ3n) is 6.95. The lowest BCUT2D eigenvalue weighted by molar-refractivity contribution is 0.222. The molecule has 0 amide bonds. The number of halogens is 2. The van der Waals surface area contributed by atoms with Gasteiger partial charge < -0.3 is 19.7 Å². The van der Waals surface area contributed by atoms with Crippen LogP contribution in [0, 0.1) is 11.7 Å². The highest BCUT2D eigenvalue weighted by molar-refractivity contribution is 5.95. The Labute approximate surface area is 209 Å². The number of allylic oxidation sites excluding steroid dienone is 1. The fourth-order valence-corrected chi connectivity index (χ4v) is 5.04. The van der Waals surface area contributed by atoms with E-state index in [2.05, 4.69) is 4.90 Å². The first-order valence-corrected chi connectivity index (χ1v) is 12.1. The number of fused-ring (bicyclic) bond motifs is 1. The zero-order valence-electron chi connectivity index (χ0n) is 20.1. The van der Waals surface area contributed by atoms with Gasteiger partial charge in [0, 0.05) is 35.7 Å². The molecule has 2 aliphatic heterocycles. The van der Waals surface area contributed by atoms with E-state index in [9.17, 15) is 14.6 Å². The summed E-state index contributed by atoms with van der Waals surface area (Å²) in [6.45, 7) is 4.11. The quantitative estimate of drug-likeness (QED) is 0.425. The van der Waals surface area contributed by atoms with Gasteiger partial charge in [0.1, 0.15) is 30.0 Å². The molecule has 1 saturated heterocycles. The highest BCUT2D eigenvalue weighted by Crippen LogP contribution is 2.48. The lowest BCUT2D eigenvalue weighted by Crippen LogP contribution is -2.26. The van der Waals surface area contributed by atoms with E-state index < -0.39 is 11.9 Å². The number of phenols is 2. The van der Waals surface area contributed by atoms with Crippen LogP contribution in [0.25, 0.3) is 11.1 Å². The third-order valence-corrected chi connectivity index (χ3v) is 6.95. The van der Waals surface area contributed by atoms with Gasteiger partial charge in [-0.2, -0.15) is 0 Å². The summed E-state index contributed by atoms with van der Waals surface area (Å²) in [4.78, 5) is 2.14. The van der Waals surface area contributed by atoms with Gasteiger partial charge in [0.25, 0.3) is 0 Å². The zero-order valence-corrected chi connectivity index (χ0v) is 20.1. The van der Waals surface area contributed by atoms with E-state index in [1.165, 1.54) is 6.07 Å². The number of hydrogen-bond donors (Lipinski definition) is 2. The Morgan fingerprint density at radius 3 is 2.64 bits per heavy atom. The number of nitrogens with zero attached hydrogens (tertiary/aromatic N) is 1. The summed E-state index contributed by atoms with van der Waals surface area (Å²) in [6.07, 6.45) is 0.215. The number of rotatable bonds is 7. The summed E-state index contributed by atoms with van der Waals surface area (Å²) >= 11 is 0. The van der Waals surface area contributed by atoms with Crippen LogP contribution < -0.4 is 9.47 Å². The van der Waals surface area contributed by atoms with E-state index in [0.29, 0.717) is 31.0 Å². The summed E-state index contributed by atoms with van der Waals surface area (Å²) in [5.74, 6) is 0.551. The fraction of sp³-hybridized carbons (Fsp3) is 0.310. The van der Waals surface area contributed by atoms with Crippen LogP contribution in [0.2, 0.25) is 0 Å². The van der Waals surface area contributed by atoms with E-state index in [0.717, 1.165) is 35.2 Å². The van der Waals surface area contributed by atoms with Crippen LogP contribution >= 0.6 is 0 Å². The van der Waals surface area contributed by atoms with Crippen molar-refractivity contribution in [3.05, 3.63) is 83.2 Å². The maximum Gasteiger partial charge on any atom is 0.165 e. The van der Waals surface area contributed by atoms with Crippen molar-refractivity contribution in [2.45, 2.75) is 19.4 Å². The van der Waals surface area contributed by atoms with Crippen molar-refractivity contribution < 1.29 is 28.5 Å². The van der Waals surface area contributed by atoms with Gasteiger partial charge in [0.15, 0.2) is 11.6 Å². The molecule has 2 aliphatic rings. The molecule has 2 heterocycles. The molecule has 0 aliphatic carbocycles. The fourth-order valence-electron chi connectivity index (χ4n) is 5.04. The smallest absolute Gasteiger partial charge is 0.165 e. The van der Waals surface area contributed by atoms with Crippen LogP contribution in [0.5, 0.6) is 23.0 Å². The van der Waals surface area contributed by atoms with E-state index in [4.69, 9.17) is 9.47 Å². The molecule has 0 saturated carbocycles. The molecule has 3 aromatic carbocycles. The first kappa shape index (κ1) is 24.1. The van der Waals surface area contributed by atoms with Crippen LogP contribution in [0.4, 0.5) is 8.78 Å². The second kappa shape index (κ2) is 10.2. The van der Waals surface area contributed by atoms with E-state index >= 15 is 4.39 Å². The molecule has 2 N–H and O–H groups in total. The topological polar surface area (TPSA) is 62.2 Å². The van der Waals surface area contributed by atoms with Crippen molar-refractivity contribution in [1.82, 2.24) is 4.90 Å². The molecule has 5 nitrogen and oxygen atoms in total. The molecule has 7 heteroatoms. The van der Waals surface area contributed by atoms with Crippen LogP contribution in [-0.2, 0) is 0 Å². The Bertz CT molecular complexity index is 1290. The highest BCUT2D eigenvalue weighted by Gasteiger charge is 2.30. The molecule has 36 heavy (non-hydrogen) atoms. The summed E-state index contributed by atoms with van der Waals surface area (Å²) in [5, 5.41) is 20.1. The summed E-state index contributed by atoms with van der Waals surface area (Å²) < 4.78 is 40.0. The molecule has 0 aromatic heterocycles. The minimum atomic E-state index is -0.630. The molecule has 1 fully saturated rings. The molecule has 3 aromatic rings. The molecule has 0 radical (unpaired) electrons. The number of alkyl halides is 1. The minimum absolute atomic E-state index is 0.0860. The highest BCUT2D eigenvalue weighted by atomic mass is 19.1. The van der Waals surface area contributed by atoms with Gasteiger partial charge in [-0.25, -0.2) is 4.39 Å². The number of benzene rings is 3. The van der Waals surface area contributed by atoms with Crippen molar-refractivity contribution in [2.75, 3.05) is 32.9 Å². The average molecular weight is 494 g/mol. The summed E-state index contributed by atoms with van der Waals surface area (Å²) in [5.41, 5.74) is 3.71. The standard InChI is InChI=1S/C29H29F2NO4/c1-18-24-15-23(34)6-8-26(24)36-29(28(18)20-3-2-4-22(33)13-20)21-5-7-27(25(31)14-21)35-12-11-32-10-9-19(16-30)17-32/h2-8,13-15,19,29,33-34H,9-12,16-17H2,1H3. The van der Waals surface area contributed by atoms with Crippen LogP contribution in [-0.4, -0.2) is 48.0 Å². The van der Waals surface area contributed by atoms with Crippen molar-refractivity contribution in [3.63, 3.8) is 0 Å². The minimum Gasteiger partial charge on any atom is -0.508 e. The number of likely N-dealkylation sites (tertiary alicyclic amines) is 1. The normalized spacial score (nSPS) is 19.8. The summed E-state index contributed by atoms with van der Waals surface area (Å²) in [7, 11) is 0. The van der Waals surface area contributed by atoms with Crippen molar-refractivity contribution >= 4 is 11.1 Å². The van der Waals surface area contributed by atoms with Crippen LogP contribution in [0.15, 0.2) is 60.7 Å². The van der Waals surface area contributed by atoms with Crippen molar-refractivity contribution in [1.29, 1.82) is 0 Å². The molecule has 188 valence electrons. The van der Waals surface area contributed by atoms with Crippen LogP contribution in [0.1, 0.15) is 36.1 Å². The Morgan fingerprint density at radius 1 is 1.06 bits per heavy atom. The Hall–Kier alpha value is -3.58. The predicted octanol–water partition coefficient (Wildman–Crippen LogP) is 5.97. The van der Waals surface area contributed by atoms with Crippen LogP contribution in [0.3, 0.4) is 0 Å². The van der Waals surface area contributed by atoms with Gasteiger partial charge in [-0.1, -0.05) is 18.2 Å². The largest absolute Gasteiger partial charge is 0.508 e. The van der Waals surface area contributed by atoms with Gasteiger partial charge in [-0.05, 0) is 73.5 Å². The monoisotopic (exact) mass is 493 g/mol. The second-order valence-electron chi connectivity index (χ2n) is 9.42. The number of hydrogen-bond acceptors (Lipinski definition) is 5. The van der Waals surface area contributed by atoms with Crippen molar-refractivity contribution in [2.24, 2.45) is 5.92 Å². The maximum absolute atomic E-state index is 15.1. The average Bonchev–Trinajstić information content (AvgIpc) is 3.33. The number of aromatic hydroxyl groups is 2. The Morgan fingerprint density at radius 2 is 1.89 bits per heavy atom. The molecule has 0 bridgehead atoms.